The fourth-order valence-electron chi connectivity index (χ4n) is 1.87. The molecule has 0 aliphatic carbocycles. The van der Waals surface area contributed by atoms with Crippen molar-refractivity contribution in [1.82, 2.24) is 5.32 Å². The van der Waals surface area contributed by atoms with E-state index in [0.717, 1.165) is 6.07 Å². The number of benzene rings is 1. The standard InChI is InChI=1S/C13H14N2O7/c1-7(12(16)14-2)22-13(17)8-5-10-11(21-4-3-20-10)6-9(8)15(18)19/h5-7H,3-4H2,1-2H3,(H,14,16). The van der Waals surface area contributed by atoms with E-state index in [1.54, 1.807) is 0 Å². The molecule has 0 bridgehead atoms. The Bertz CT molecular complexity index is 629. The Kier molecular flexibility index (Phi) is 4.44. The molecule has 22 heavy (non-hydrogen) atoms. The average Bonchev–Trinajstić information content (AvgIpc) is 2.52. The molecule has 1 aromatic carbocycles. The lowest BCUT2D eigenvalue weighted by atomic mass is 10.1. The van der Waals surface area contributed by atoms with Gasteiger partial charge in [0, 0.05) is 13.1 Å². The van der Waals surface area contributed by atoms with Crippen LogP contribution in [0.5, 0.6) is 11.5 Å². The molecule has 1 unspecified atom stereocenters. The summed E-state index contributed by atoms with van der Waals surface area (Å²) in [7, 11) is 1.39. The normalized spacial score (nSPS) is 13.9. The molecule has 0 spiro atoms. The number of carbonyl (C=O) groups is 2. The lowest BCUT2D eigenvalue weighted by Crippen LogP contribution is -2.33. The zero-order valence-corrected chi connectivity index (χ0v) is 12.0. The van der Waals surface area contributed by atoms with Crippen molar-refractivity contribution in [2.75, 3.05) is 20.3 Å². The largest absolute Gasteiger partial charge is 0.486 e. The zero-order chi connectivity index (χ0) is 16.3. The van der Waals surface area contributed by atoms with Crippen LogP contribution in [0.2, 0.25) is 0 Å². The van der Waals surface area contributed by atoms with Gasteiger partial charge in [-0.3, -0.25) is 14.9 Å². The second-order valence-corrected chi connectivity index (χ2v) is 4.43. The molecule has 9 nitrogen and oxygen atoms in total. The molecule has 1 heterocycles. The van der Waals surface area contributed by atoms with Crippen molar-refractivity contribution < 1.29 is 28.7 Å². The third kappa shape index (κ3) is 3.08. The Morgan fingerprint density at radius 2 is 1.91 bits per heavy atom. The van der Waals surface area contributed by atoms with Gasteiger partial charge >= 0.3 is 5.97 Å². The molecule has 9 heteroatoms. The van der Waals surface area contributed by atoms with E-state index in [0.29, 0.717) is 0 Å². The van der Waals surface area contributed by atoms with E-state index in [1.165, 1.54) is 20.0 Å². The summed E-state index contributed by atoms with van der Waals surface area (Å²) in [5.74, 6) is -1.10. The number of nitrogens with zero attached hydrogens (tertiary/aromatic N) is 1. The number of nitrogens with one attached hydrogen (secondary N) is 1. The van der Waals surface area contributed by atoms with Crippen LogP contribution >= 0.6 is 0 Å². The van der Waals surface area contributed by atoms with Gasteiger partial charge in [0.15, 0.2) is 17.6 Å². The van der Waals surface area contributed by atoms with E-state index in [1.807, 2.05) is 0 Å². The molecule has 0 radical (unpaired) electrons. The molecule has 1 atom stereocenters. The first-order valence-electron chi connectivity index (χ1n) is 6.44. The van der Waals surface area contributed by atoms with Crippen LogP contribution in [0.4, 0.5) is 5.69 Å². The van der Waals surface area contributed by atoms with Gasteiger partial charge in [-0.15, -0.1) is 0 Å². The number of amides is 1. The van der Waals surface area contributed by atoms with Crippen molar-refractivity contribution in [2.45, 2.75) is 13.0 Å². The molecule has 2 rings (SSSR count). The number of fused-ring (bicyclic) bond motifs is 1. The van der Waals surface area contributed by atoms with Gasteiger partial charge in [-0.25, -0.2) is 4.79 Å². The highest BCUT2D eigenvalue weighted by Crippen LogP contribution is 2.36. The Morgan fingerprint density at radius 3 is 2.45 bits per heavy atom. The molecular formula is C13H14N2O7. The van der Waals surface area contributed by atoms with Crippen molar-refractivity contribution in [3.05, 3.63) is 27.8 Å². The maximum absolute atomic E-state index is 12.1. The minimum absolute atomic E-state index is 0.189. The van der Waals surface area contributed by atoms with Gasteiger partial charge in [-0.1, -0.05) is 0 Å². The summed E-state index contributed by atoms with van der Waals surface area (Å²) in [6, 6.07) is 2.29. The molecule has 1 aromatic rings. The molecule has 1 N–H and O–H groups in total. The van der Waals surface area contributed by atoms with E-state index < -0.39 is 28.6 Å². The first kappa shape index (κ1) is 15.5. The SMILES string of the molecule is CNC(=O)C(C)OC(=O)c1cc2c(cc1[N+](=O)[O-])OCCO2. The fourth-order valence-corrected chi connectivity index (χ4v) is 1.87. The number of esters is 1. The van der Waals surface area contributed by atoms with E-state index in [-0.39, 0.29) is 30.3 Å². The predicted octanol–water partition coefficient (Wildman–Crippen LogP) is 0.657. The number of likely N-dealkylation sites (N-methyl/N-ethyl adjacent to an activating group) is 1. The summed E-state index contributed by atoms with van der Waals surface area (Å²) in [5.41, 5.74) is -0.775. The number of hydrogen-bond acceptors (Lipinski definition) is 7. The van der Waals surface area contributed by atoms with Crippen LogP contribution < -0.4 is 14.8 Å². The number of hydrogen-bond donors (Lipinski definition) is 1. The Balaban J connectivity index is 2.34. The zero-order valence-electron chi connectivity index (χ0n) is 12.0. The van der Waals surface area contributed by atoms with Gasteiger partial charge in [0.1, 0.15) is 18.8 Å². The molecular weight excluding hydrogens is 296 g/mol. The summed E-state index contributed by atoms with van der Waals surface area (Å²) in [6.45, 7) is 1.90. The number of nitro benzene ring substituents is 1. The van der Waals surface area contributed by atoms with Crippen molar-refractivity contribution in [1.29, 1.82) is 0 Å². The number of rotatable bonds is 4. The lowest BCUT2D eigenvalue weighted by molar-refractivity contribution is -0.385. The smallest absolute Gasteiger partial charge is 0.346 e. The maximum atomic E-state index is 12.1. The van der Waals surface area contributed by atoms with Crippen LogP contribution in [0.15, 0.2) is 12.1 Å². The van der Waals surface area contributed by atoms with Gasteiger partial charge < -0.3 is 19.5 Å². The van der Waals surface area contributed by atoms with Gasteiger partial charge in [0.05, 0.1) is 11.0 Å². The Labute approximate surface area is 125 Å². The summed E-state index contributed by atoms with van der Waals surface area (Å²) in [6.07, 6.45) is -1.08. The van der Waals surface area contributed by atoms with Crippen molar-refractivity contribution in [2.24, 2.45) is 0 Å². The van der Waals surface area contributed by atoms with E-state index in [9.17, 15) is 19.7 Å². The van der Waals surface area contributed by atoms with E-state index in [4.69, 9.17) is 14.2 Å². The topological polar surface area (TPSA) is 117 Å². The Hall–Kier alpha value is -2.84. The summed E-state index contributed by atoms with van der Waals surface area (Å²) < 4.78 is 15.4. The molecule has 1 aliphatic heterocycles. The number of ether oxygens (including phenoxy) is 3. The fraction of sp³-hybridized carbons (Fsp3) is 0.385. The molecule has 1 aliphatic rings. The van der Waals surface area contributed by atoms with Crippen molar-refractivity contribution in [3.8, 4) is 11.5 Å². The summed E-state index contributed by atoms with van der Waals surface area (Å²) >= 11 is 0. The second kappa shape index (κ2) is 6.29. The van der Waals surface area contributed by atoms with E-state index >= 15 is 0 Å². The van der Waals surface area contributed by atoms with E-state index in [2.05, 4.69) is 5.32 Å². The predicted molar refractivity (Wildman–Crippen MR) is 73.0 cm³/mol. The van der Waals surface area contributed by atoms with Crippen LogP contribution in [0.25, 0.3) is 0 Å². The van der Waals surface area contributed by atoms with Crippen LogP contribution in [0, 0.1) is 10.1 Å². The highest BCUT2D eigenvalue weighted by molar-refractivity contribution is 5.96. The molecule has 0 saturated carbocycles. The minimum Gasteiger partial charge on any atom is -0.486 e. The second-order valence-electron chi connectivity index (χ2n) is 4.43. The monoisotopic (exact) mass is 310 g/mol. The third-order valence-electron chi connectivity index (χ3n) is 2.98. The van der Waals surface area contributed by atoms with Gasteiger partial charge in [-0.05, 0) is 6.92 Å². The third-order valence-corrected chi connectivity index (χ3v) is 2.98. The quantitative estimate of drug-likeness (QED) is 0.493. The Morgan fingerprint density at radius 1 is 1.32 bits per heavy atom. The lowest BCUT2D eigenvalue weighted by Gasteiger charge is -2.19. The molecule has 0 fully saturated rings. The van der Waals surface area contributed by atoms with Crippen LogP contribution in [0.1, 0.15) is 17.3 Å². The molecule has 118 valence electrons. The van der Waals surface area contributed by atoms with Crippen LogP contribution in [-0.2, 0) is 9.53 Å². The summed E-state index contributed by atoms with van der Waals surface area (Å²) in [4.78, 5) is 33.8. The average molecular weight is 310 g/mol. The number of carbonyl (C=O) groups excluding carboxylic acids is 2. The van der Waals surface area contributed by atoms with Gasteiger partial charge in [0.2, 0.25) is 0 Å². The van der Waals surface area contributed by atoms with Gasteiger partial charge in [0.25, 0.3) is 11.6 Å². The molecule has 0 aromatic heterocycles. The van der Waals surface area contributed by atoms with Crippen LogP contribution in [0.3, 0.4) is 0 Å². The maximum Gasteiger partial charge on any atom is 0.346 e. The van der Waals surface area contributed by atoms with Crippen molar-refractivity contribution >= 4 is 17.6 Å². The first-order valence-corrected chi connectivity index (χ1v) is 6.44. The molecule has 1 amide bonds. The highest BCUT2D eigenvalue weighted by Gasteiger charge is 2.29. The summed E-state index contributed by atoms with van der Waals surface area (Å²) in [5, 5.41) is 13.4. The van der Waals surface area contributed by atoms with Gasteiger partial charge in [-0.2, -0.15) is 0 Å². The minimum atomic E-state index is -1.08. The first-order chi connectivity index (χ1) is 10.4. The molecule has 0 saturated heterocycles. The van der Waals surface area contributed by atoms with Crippen molar-refractivity contribution in [3.63, 3.8) is 0 Å². The van der Waals surface area contributed by atoms with Crippen LogP contribution in [-0.4, -0.2) is 43.2 Å². The number of nitro groups is 1. The highest BCUT2D eigenvalue weighted by atomic mass is 16.6.